The Bertz CT molecular complexity index is 470. The van der Waals surface area contributed by atoms with Crippen molar-refractivity contribution in [2.75, 3.05) is 19.0 Å². The Labute approximate surface area is 107 Å². The van der Waals surface area contributed by atoms with Gasteiger partial charge in [0.05, 0.1) is 23.8 Å². The van der Waals surface area contributed by atoms with Crippen molar-refractivity contribution in [1.29, 1.82) is 0 Å². The lowest BCUT2D eigenvalue weighted by Gasteiger charge is -2.17. The summed E-state index contributed by atoms with van der Waals surface area (Å²) < 4.78 is 6.84. The molecule has 5 nitrogen and oxygen atoms in total. The fourth-order valence-corrected chi connectivity index (χ4v) is 1.76. The fraction of sp³-hybridized carbons (Fsp3) is 0.385. The number of para-hydroxylation sites is 2. The summed E-state index contributed by atoms with van der Waals surface area (Å²) in [5.41, 5.74) is 2.05. The molecule has 1 heterocycles. The number of ether oxygens (including phenoxy) is 1. The van der Waals surface area contributed by atoms with E-state index in [2.05, 4.69) is 22.6 Å². The van der Waals surface area contributed by atoms with Crippen molar-refractivity contribution in [3.63, 3.8) is 0 Å². The minimum Gasteiger partial charge on any atom is -0.385 e. The van der Waals surface area contributed by atoms with Crippen molar-refractivity contribution in [2.45, 2.75) is 19.4 Å². The van der Waals surface area contributed by atoms with E-state index in [0.717, 1.165) is 24.4 Å². The summed E-state index contributed by atoms with van der Waals surface area (Å²) in [4.78, 5) is 0. The summed E-state index contributed by atoms with van der Waals surface area (Å²) in [6.45, 7) is 2.89. The molecule has 1 unspecified atom stereocenters. The molecular formula is C13H18N4O. The second-order valence-electron chi connectivity index (χ2n) is 4.19. The van der Waals surface area contributed by atoms with Gasteiger partial charge < -0.3 is 10.1 Å². The van der Waals surface area contributed by atoms with Crippen LogP contribution < -0.4 is 5.32 Å². The number of aromatic nitrogens is 3. The molecule has 0 saturated carbocycles. The number of hydrogen-bond acceptors (Lipinski definition) is 4. The monoisotopic (exact) mass is 246 g/mol. The molecule has 18 heavy (non-hydrogen) atoms. The molecule has 0 radical (unpaired) electrons. The number of anilines is 1. The van der Waals surface area contributed by atoms with Gasteiger partial charge in [-0.1, -0.05) is 17.3 Å². The van der Waals surface area contributed by atoms with E-state index in [1.165, 1.54) is 0 Å². The van der Waals surface area contributed by atoms with Crippen molar-refractivity contribution in [1.82, 2.24) is 15.0 Å². The largest absolute Gasteiger partial charge is 0.385 e. The number of methoxy groups -OCH3 is 1. The number of rotatable bonds is 6. The van der Waals surface area contributed by atoms with Crippen LogP contribution in [0.15, 0.2) is 36.7 Å². The zero-order chi connectivity index (χ0) is 12.8. The molecule has 1 atom stereocenters. The van der Waals surface area contributed by atoms with E-state index in [-0.39, 0.29) is 0 Å². The molecule has 5 heteroatoms. The molecule has 0 aliphatic carbocycles. The third-order valence-electron chi connectivity index (χ3n) is 2.73. The lowest BCUT2D eigenvalue weighted by molar-refractivity contribution is 0.191. The van der Waals surface area contributed by atoms with E-state index < -0.39 is 0 Å². The first-order chi connectivity index (χ1) is 8.81. The molecule has 1 aromatic carbocycles. The van der Waals surface area contributed by atoms with Gasteiger partial charge in [0, 0.05) is 19.8 Å². The number of nitrogens with zero attached hydrogens (tertiary/aromatic N) is 3. The average molecular weight is 246 g/mol. The van der Waals surface area contributed by atoms with E-state index in [9.17, 15) is 0 Å². The number of benzene rings is 1. The van der Waals surface area contributed by atoms with E-state index in [1.54, 1.807) is 18.0 Å². The Morgan fingerprint density at radius 3 is 2.94 bits per heavy atom. The minimum atomic E-state index is 0.342. The van der Waals surface area contributed by atoms with Gasteiger partial charge >= 0.3 is 0 Å². The first-order valence-electron chi connectivity index (χ1n) is 6.02. The molecule has 2 rings (SSSR count). The van der Waals surface area contributed by atoms with Crippen molar-refractivity contribution < 1.29 is 4.74 Å². The normalized spacial score (nSPS) is 12.3. The van der Waals surface area contributed by atoms with Crippen molar-refractivity contribution >= 4 is 5.69 Å². The SMILES string of the molecule is COCCC(C)Nc1ccccc1-n1ccnn1. The molecule has 0 spiro atoms. The second-order valence-corrected chi connectivity index (χ2v) is 4.19. The highest BCUT2D eigenvalue weighted by Crippen LogP contribution is 2.20. The maximum atomic E-state index is 5.09. The highest BCUT2D eigenvalue weighted by Gasteiger charge is 2.07. The van der Waals surface area contributed by atoms with E-state index in [0.29, 0.717) is 6.04 Å². The van der Waals surface area contributed by atoms with Crippen molar-refractivity contribution in [2.24, 2.45) is 0 Å². The van der Waals surface area contributed by atoms with Crippen molar-refractivity contribution in [3.8, 4) is 5.69 Å². The summed E-state index contributed by atoms with van der Waals surface area (Å²) in [6, 6.07) is 8.39. The zero-order valence-electron chi connectivity index (χ0n) is 10.7. The van der Waals surface area contributed by atoms with Gasteiger partial charge in [-0.3, -0.25) is 0 Å². The number of nitrogens with one attached hydrogen (secondary N) is 1. The average Bonchev–Trinajstić information content (AvgIpc) is 2.91. The van der Waals surface area contributed by atoms with E-state index in [1.807, 2.05) is 30.5 Å². The van der Waals surface area contributed by atoms with Crippen LogP contribution in [0, 0.1) is 0 Å². The van der Waals surface area contributed by atoms with Gasteiger partial charge in [0.2, 0.25) is 0 Å². The topological polar surface area (TPSA) is 52.0 Å². The molecule has 1 N–H and O–H groups in total. The fourth-order valence-electron chi connectivity index (χ4n) is 1.76. The second kappa shape index (κ2) is 6.16. The molecule has 0 bridgehead atoms. The summed E-state index contributed by atoms with van der Waals surface area (Å²) in [7, 11) is 1.72. The maximum Gasteiger partial charge on any atom is 0.0894 e. The Balaban J connectivity index is 2.13. The van der Waals surface area contributed by atoms with Crippen LogP contribution >= 0.6 is 0 Å². The number of hydrogen-bond donors (Lipinski definition) is 1. The van der Waals surface area contributed by atoms with Gasteiger partial charge in [0.1, 0.15) is 0 Å². The summed E-state index contributed by atoms with van der Waals surface area (Å²) in [5.74, 6) is 0. The quantitative estimate of drug-likeness (QED) is 0.848. The lowest BCUT2D eigenvalue weighted by Crippen LogP contribution is -2.18. The predicted octanol–water partition coefficient (Wildman–Crippen LogP) is 2.10. The molecule has 0 saturated heterocycles. The van der Waals surface area contributed by atoms with Gasteiger partial charge in [-0.05, 0) is 25.5 Å². The van der Waals surface area contributed by atoms with Gasteiger partial charge in [0.25, 0.3) is 0 Å². The molecular weight excluding hydrogens is 228 g/mol. The Morgan fingerprint density at radius 1 is 1.39 bits per heavy atom. The van der Waals surface area contributed by atoms with Crippen LogP contribution in [0.25, 0.3) is 5.69 Å². The van der Waals surface area contributed by atoms with Gasteiger partial charge in [-0.25, -0.2) is 4.68 Å². The highest BCUT2D eigenvalue weighted by atomic mass is 16.5. The Morgan fingerprint density at radius 2 is 2.22 bits per heavy atom. The molecule has 0 fully saturated rings. The third kappa shape index (κ3) is 3.07. The molecule has 0 amide bonds. The minimum absolute atomic E-state index is 0.342. The van der Waals surface area contributed by atoms with E-state index in [4.69, 9.17) is 4.74 Å². The highest BCUT2D eigenvalue weighted by molar-refractivity contribution is 5.60. The lowest BCUT2D eigenvalue weighted by atomic mass is 10.2. The van der Waals surface area contributed by atoms with Crippen molar-refractivity contribution in [3.05, 3.63) is 36.7 Å². The molecule has 0 aliphatic heterocycles. The Hall–Kier alpha value is -1.88. The molecule has 1 aromatic heterocycles. The van der Waals surface area contributed by atoms with Crippen LogP contribution in [-0.4, -0.2) is 34.8 Å². The van der Waals surface area contributed by atoms with Crippen LogP contribution in [0.3, 0.4) is 0 Å². The summed E-state index contributed by atoms with van der Waals surface area (Å²) in [6.07, 6.45) is 4.47. The summed E-state index contributed by atoms with van der Waals surface area (Å²) in [5, 5.41) is 11.3. The van der Waals surface area contributed by atoms with Gasteiger partial charge in [0.15, 0.2) is 0 Å². The smallest absolute Gasteiger partial charge is 0.0894 e. The van der Waals surface area contributed by atoms with Gasteiger partial charge in [-0.15, -0.1) is 5.10 Å². The third-order valence-corrected chi connectivity index (χ3v) is 2.73. The first kappa shape index (κ1) is 12.6. The summed E-state index contributed by atoms with van der Waals surface area (Å²) >= 11 is 0. The predicted molar refractivity (Wildman–Crippen MR) is 70.9 cm³/mol. The van der Waals surface area contributed by atoms with Crippen LogP contribution in [-0.2, 0) is 4.74 Å². The Kier molecular flexibility index (Phi) is 4.30. The maximum absolute atomic E-state index is 5.09. The first-order valence-corrected chi connectivity index (χ1v) is 6.02. The van der Waals surface area contributed by atoms with Crippen LogP contribution in [0.5, 0.6) is 0 Å². The standard InChI is InChI=1S/C13H18N4O/c1-11(7-10-18-2)15-12-5-3-4-6-13(12)17-9-8-14-16-17/h3-6,8-9,11,15H,7,10H2,1-2H3. The van der Waals surface area contributed by atoms with Crippen LogP contribution in [0.1, 0.15) is 13.3 Å². The van der Waals surface area contributed by atoms with E-state index >= 15 is 0 Å². The molecule has 2 aromatic rings. The van der Waals surface area contributed by atoms with Gasteiger partial charge in [-0.2, -0.15) is 0 Å². The van der Waals surface area contributed by atoms with Crippen LogP contribution in [0.2, 0.25) is 0 Å². The molecule has 0 aliphatic rings. The zero-order valence-corrected chi connectivity index (χ0v) is 10.7. The van der Waals surface area contributed by atoms with Crippen LogP contribution in [0.4, 0.5) is 5.69 Å². The molecule has 96 valence electrons.